The molecule has 0 saturated carbocycles. The summed E-state index contributed by atoms with van der Waals surface area (Å²) in [6, 6.07) is 7.41. The van der Waals surface area contributed by atoms with Crippen LogP contribution in [0.3, 0.4) is 0 Å². The summed E-state index contributed by atoms with van der Waals surface area (Å²) >= 11 is 1.32. The first-order valence-corrected chi connectivity index (χ1v) is 13.4. The van der Waals surface area contributed by atoms with E-state index < -0.39 is 10.0 Å². The fourth-order valence-electron chi connectivity index (χ4n) is 3.12. The number of amides is 1. The van der Waals surface area contributed by atoms with E-state index in [9.17, 15) is 18.3 Å². The molecule has 12 heteroatoms. The zero-order valence-electron chi connectivity index (χ0n) is 19.5. The zero-order valence-corrected chi connectivity index (χ0v) is 21.1. The molecule has 0 radical (unpaired) electrons. The maximum atomic E-state index is 11.7. The summed E-state index contributed by atoms with van der Waals surface area (Å²) in [5.74, 6) is 0.860. The van der Waals surface area contributed by atoms with E-state index in [1.807, 2.05) is 45.0 Å². The fraction of sp³-hybridized carbons (Fsp3) is 0.524. The van der Waals surface area contributed by atoms with E-state index in [0.717, 1.165) is 17.4 Å². The van der Waals surface area contributed by atoms with E-state index in [1.54, 1.807) is 0 Å². The molecule has 33 heavy (non-hydrogen) atoms. The Bertz CT molecular complexity index is 1050. The number of aliphatic hydroxyl groups is 1. The summed E-state index contributed by atoms with van der Waals surface area (Å²) in [7, 11) is -3.58. The van der Waals surface area contributed by atoms with Crippen molar-refractivity contribution in [2.75, 3.05) is 22.9 Å². The lowest BCUT2D eigenvalue weighted by Crippen LogP contribution is -2.27. The first-order valence-electron chi connectivity index (χ1n) is 10.5. The molecule has 4 N–H and O–H groups in total. The number of benzene rings is 1. The Morgan fingerprint density at radius 2 is 1.85 bits per heavy atom. The van der Waals surface area contributed by atoms with Crippen LogP contribution in [-0.2, 0) is 20.6 Å². The third-order valence-electron chi connectivity index (χ3n) is 4.44. The third kappa shape index (κ3) is 9.93. The van der Waals surface area contributed by atoms with Gasteiger partial charge in [-0.15, -0.1) is 0 Å². The monoisotopic (exact) mass is 496 g/mol. The molecule has 0 spiro atoms. The van der Waals surface area contributed by atoms with Crippen molar-refractivity contribution in [1.82, 2.24) is 20.3 Å². The highest BCUT2D eigenvalue weighted by Crippen LogP contribution is 2.24. The number of hydrogen-bond acceptors (Lipinski definition) is 9. The van der Waals surface area contributed by atoms with Crippen LogP contribution < -0.4 is 15.4 Å². The molecule has 2 rings (SSSR count). The summed E-state index contributed by atoms with van der Waals surface area (Å²) in [5, 5.41) is 15.9. The van der Waals surface area contributed by atoms with Gasteiger partial charge in [-0.1, -0.05) is 49.9 Å². The molecular weight excluding hydrogens is 464 g/mol. The minimum Gasteiger partial charge on any atom is -0.394 e. The molecule has 0 aliphatic heterocycles. The Hall–Kier alpha value is -2.44. The number of anilines is 2. The average molecular weight is 497 g/mol. The standard InChI is InChI=1S/C21H32N6O4S2/c1-13(2)9-18(11-28)23-19-24-20(27-33(5,30)31)26-21(25-19)32-12-16-7-6-8-17(10-16)14(3)22-15(4)29/h6-8,10,13-14,18,28H,9,11-12H2,1-5H3,(H,22,29)(H2,23,24,25,26,27)/t14-,18+/m0/s1. The number of aromatic nitrogens is 3. The third-order valence-corrected chi connectivity index (χ3v) is 5.91. The van der Waals surface area contributed by atoms with Gasteiger partial charge in [0.1, 0.15) is 0 Å². The number of hydrogen-bond donors (Lipinski definition) is 4. The van der Waals surface area contributed by atoms with Gasteiger partial charge in [0.15, 0.2) is 5.16 Å². The second kappa shape index (κ2) is 12.1. The van der Waals surface area contributed by atoms with Crippen molar-refractivity contribution in [3.63, 3.8) is 0 Å². The molecule has 2 atom stereocenters. The molecule has 2 aromatic rings. The van der Waals surface area contributed by atoms with E-state index in [4.69, 9.17) is 0 Å². The largest absolute Gasteiger partial charge is 0.394 e. The minimum atomic E-state index is -3.58. The highest BCUT2D eigenvalue weighted by Gasteiger charge is 2.16. The van der Waals surface area contributed by atoms with Crippen LogP contribution in [0.15, 0.2) is 29.4 Å². The highest BCUT2D eigenvalue weighted by molar-refractivity contribution is 7.98. The van der Waals surface area contributed by atoms with Crippen LogP contribution in [0.1, 0.15) is 51.3 Å². The van der Waals surface area contributed by atoms with Crippen LogP contribution in [0.25, 0.3) is 0 Å². The van der Waals surface area contributed by atoms with Gasteiger partial charge in [0.05, 0.1) is 24.9 Å². The van der Waals surface area contributed by atoms with Gasteiger partial charge in [0, 0.05) is 12.7 Å². The lowest BCUT2D eigenvalue weighted by Gasteiger charge is -2.18. The fourth-order valence-corrected chi connectivity index (χ4v) is 4.32. The van der Waals surface area contributed by atoms with Crippen LogP contribution in [0.4, 0.5) is 11.9 Å². The molecule has 0 fully saturated rings. The molecule has 1 amide bonds. The van der Waals surface area contributed by atoms with Crippen molar-refractivity contribution in [2.24, 2.45) is 5.92 Å². The van der Waals surface area contributed by atoms with Crippen LogP contribution in [0, 0.1) is 5.92 Å². The minimum absolute atomic E-state index is 0.0910. The lowest BCUT2D eigenvalue weighted by atomic mass is 10.0. The van der Waals surface area contributed by atoms with Gasteiger partial charge < -0.3 is 15.7 Å². The van der Waals surface area contributed by atoms with Gasteiger partial charge in [0.2, 0.25) is 27.8 Å². The maximum Gasteiger partial charge on any atom is 0.242 e. The van der Waals surface area contributed by atoms with E-state index in [2.05, 4.69) is 30.3 Å². The van der Waals surface area contributed by atoms with Crippen molar-refractivity contribution in [2.45, 2.75) is 57.1 Å². The average Bonchev–Trinajstić information content (AvgIpc) is 2.69. The first-order chi connectivity index (χ1) is 15.4. The molecule has 0 aliphatic rings. The Morgan fingerprint density at radius 3 is 2.45 bits per heavy atom. The molecule has 10 nitrogen and oxygen atoms in total. The molecule has 182 valence electrons. The predicted molar refractivity (Wildman–Crippen MR) is 130 cm³/mol. The Kier molecular flexibility index (Phi) is 9.87. The number of thioether (sulfide) groups is 1. The second-order valence-electron chi connectivity index (χ2n) is 8.25. The second-order valence-corrected chi connectivity index (χ2v) is 10.9. The van der Waals surface area contributed by atoms with Crippen LogP contribution >= 0.6 is 11.8 Å². The number of sulfonamides is 1. The number of carbonyl (C=O) groups is 1. The van der Waals surface area contributed by atoms with Crippen molar-refractivity contribution in [3.8, 4) is 0 Å². The van der Waals surface area contributed by atoms with Gasteiger partial charge in [-0.05, 0) is 30.4 Å². The molecule has 0 saturated heterocycles. The number of carbonyl (C=O) groups excluding carboxylic acids is 1. The Balaban J connectivity index is 2.22. The molecule has 0 bridgehead atoms. The topological polar surface area (TPSA) is 146 Å². The molecule has 1 aromatic heterocycles. The summed E-state index contributed by atoms with van der Waals surface area (Å²) in [5.41, 5.74) is 1.97. The van der Waals surface area contributed by atoms with Gasteiger partial charge in [-0.25, -0.2) is 8.42 Å². The molecule has 1 aromatic carbocycles. The van der Waals surface area contributed by atoms with Crippen molar-refractivity contribution < 1.29 is 18.3 Å². The number of nitrogens with one attached hydrogen (secondary N) is 3. The smallest absolute Gasteiger partial charge is 0.242 e. The van der Waals surface area contributed by atoms with E-state index >= 15 is 0 Å². The van der Waals surface area contributed by atoms with E-state index in [1.165, 1.54) is 18.7 Å². The predicted octanol–water partition coefficient (Wildman–Crippen LogP) is 2.55. The van der Waals surface area contributed by atoms with Crippen molar-refractivity contribution in [3.05, 3.63) is 35.4 Å². The number of nitrogens with zero attached hydrogens (tertiary/aromatic N) is 3. The molecular formula is C21H32N6O4S2. The quantitative estimate of drug-likeness (QED) is 0.326. The van der Waals surface area contributed by atoms with Gasteiger partial charge in [-0.3, -0.25) is 9.52 Å². The molecule has 0 aliphatic carbocycles. The SMILES string of the molecule is CC(=O)N[C@@H](C)c1cccc(CSc2nc(N[C@@H](CO)CC(C)C)nc(NS(C)(=O)=O)n2)c1. The summed E-state index contributed by atoms with van der Waals surface area (Å²) in [6.45, 7) is 7.36. The van der Waals surface area contributed by atoms with Crippen LogP contribution in [-0.4, -0.2) is 53.3 Å². The van der Waals surface area contributed by atoms with Crippen LogP contribution in [0.2, 0.25) is 0 Å². The van der Waals surface area contributed by atoms with Crippen LogP contribution in [0.5, 0.6) is 0 Å². The van der Waals surface area contributed by atoms with Gasteiger partial charge >= 0.3 is 0 Å². The van der Waals surface area contributed by atoms with Gasteiger partial charge in [0.25, 0.3) is 0 Å². The van der Waals surface area contributed by atoms with Gasteiger partial charge in [-0.2, -0.15) is 15.0 Å². The summed E-state index contributed by atoms with van der Waals surface area (Å²) < 4.78 is 25.7. The normalized spacial score (nSPS) is 13.4. The lowest BCUT2D eigenvalue weighted by molar-refractivity contribution is -0.119. The van der Waals surface area contributed by atoms with Crippen molar-refractivity contribution in [1.29, 1.82) is 0 Å². The van der Waals surface area contributed by atoms with E-state index in [0.29, 0.717) is 23.2 Å². The summed E-state index contributed by atoms with van der Waals surface area (Å²) in [4.78, 5) is 24.1. The highest BCUT2D eigenvalue weighted by atomic mass is 32.2. The Morgan fingerprint density at radius 1 is 1.15 bits per heavy atom. The van der Waals surface area contributed by atoms with E-state index in [-0.39, 0.29) is 36.5 Å². The first kappa shape index (κ1) is 26.8. The van der Waals surface area contributed by atoms with Crippen molar-refractivity contribution >= 4 is 39.6 Å². The molecule has 0 unspecified atom stereocenters. The molecule has 1 heterocycles. The number of rotatable bonds is 12. The Labute approximate surface area is 199 Å². The summed E-state index contributed by atoms with van der Waals surface area (Å²) in [6.07, 6.45) is 1.71. The zero-order chi connectivity index (χ0) is 24.6. The maximum absolute atomic E-state index is 11.7. The number of aliphatic hydroxyl groups excluding tert-OH is 1.